The number of H-pyrrole nitrogens is 1. The van der Waals surface area contributed by atoms with Gasteiger partial charge in [0.1, 0.15) is 0 Å². The van der Waals surface area contributed by atoms with Crippen LogP contribution in [0.1, 0.15) is 11.3 Å². The first-order chi connectivity index (χ1) is 4.90. The molecule has 0 amide bonds. The Morgan fingerprint density at radius 2 is 2.60 bits per heavy atom. The van der Waals surface area contributed by atoms with Crippen LogP contribution in [0.25, 0.3) is 0 Å². The molecule has 3 N–H and O–H groups in total. The third kappa shape index (κ3) is 0.743. The van der Waals surface area contributed by atoms with Gasteiger partial charge in [-0.25, -0.2) is 0 Å². The minimum Gasteiger partial charge on any atom is -0.330 e. The van der Waals surface area contributed by atoms with Gasteiger partial charge in [0, 0.05) is 5.69 Å². The molecule has 2 rings (SSSR count). The Kier molecular flexibility index (Phi) is 1.24. The van der Waals surface area contributed by atoms with Crippen molar-refractivity contribution < 1.29 is 0 Å². The summed E-state index contributed by atoms with van der Waals surface area (Å²) in [6.45, 7) is 0.794. The van der Waals surface area contributed by atoms with E-state index in [2.05, 4.69) is 10.2 Å². The van der Waals surface area contributed by atoms with Gasteiger partial charge in [-0.1, -0.05) is 0 Å². The molecule has 0 saturated heterocycles. The van der Waals surface area contributed by atoms with Crippen LogP contribution >= 0.6 is 0 Å². The lowest BCUT2D eigenvalue weighted by Gasteiger charge is -2.01. The third-order valence-electron chi connectivity index (χ3n) is 2.14. The predicted octanol–water partition coefficient (Wildman–Crippen LogP) is 0.0832. The molecular weight excluding hydrogens is 126 g/mol. The molecule has 3 nitrogen and oxygen atoms in total. The molecule has 0 aromatic carbocycles. The highest BCUT2D eigenvalue weighted by molar-refractivity contribution is 5.22. The maximum atomic E-state index is 5.54. The summed E-state index contributed by atoms with van der Waals surface area (Å²) in [6, 6.07) is 0. The SMILES string of the molecule is NCC1Cc2cn[nH]c2C1. The maximum Gasteiger partial charge on any atom is 0.0522 e. The fraction of sp³-hybridized carbons (Fsp3) is 0.571. The lowest BCUT2D eigenvalue weighted by molar-refractivity contribution is 0.567. The fourth-order valence-electron chi connectivity index (χ4n) is 1.53. The van der Waals surface area contributed by atoms with E-state index in [0.29, 0.717) is 5.92 Å². The van der Waals surface area contributed by atoms with Gasteiger partial charge in [-0.2, -0.15) is 5.10 Å². The van der Waals surface area contributed by atoms with Gasteiger partial charge in [0.2, 0.25) is 0 Å². The average Bonchev–Trinajstić information content (AvgIpc) is 2.42. The molecular formula is C7H11N3. The highest BCUT2D eigenvalue weighted by atomic mass is 15.1. The molecule has 1 aromatic rings. The number of aromatic nitrogens is 2. The summed E-state index contributed by atoms with van der Waals surface area (Å²) in [7, 11) is 0. The molecule has 0 radical (unpaired) electrons. The van der Waals surface area contributed by atoms with Crippen LogP contribution in [0.3, 0.4) is 0 Å². The van der Waals surface area contributed by atoms with Crippen LogP contribution in [0, 0.1) is 5.92 Å². The molecule has 1 aromatic heterocycles. The Balaban J connectivity index is 2.21. The molecule has 0 saturated carbocycles. The molecule has 1 aliphatic rings. The van der Waals surface area contributed by atoms with Crippen molar-refractivity contribution in [1.82, 2.24) is 10.2 Å². The van der Waals surface area contributed by atoms with Gasteiger partial charge >= 0.3 is 0 Å². The van der Waals surface area contributed by atoms with E-state index in [1.807, 2.05) is 6.20 Å². The first-order valence-corrected chi connectivity index (χ1v) is 3.61. The summed E-state index contributed by atoms with van der Waals surface area (Å²) in [5, 5.41) is 6.92. The summed E-state index contributed by atoms with van der Waals surface area (Å²) in [5.74, 6) is 0.657. The van der Waals surface area contributed by atoms with Crippen molar-refractivity contribution in [2.24, 2.45) is 11.7 Å². The van der Waals surface area contributed by atoms with E-state index in [1.54, 1.807) is 0 Å². The van der Waals surface area contributed by atoms with Gasteiger partial charge in [-0.15, -0.1) is 0 Å². The van der Waals surface area contributed by atoms with Crippen LogP contribution in [-0.2, 0) is 12.8 Å². The molecule has 3 heteroatoms. The minimum absolute atomic E-state index is 0.657. The van der Waals surface area contributed by atoms with Gasteiger partial charge < -0.3 is 5.73 Å². The zero-order valence-corrected chi connectivity index (χ0v) is 5.80. The van der Waals surface area contributed by atoms with Crippen LogP contribution in [0.5, 0.6) is 0 Å². The number of fused-ring (bicyclic) bond motifs is 1. The zero-order chi connectivity index (χ0) is 6.97. The molecule has 10 heavy (non-hydrogen) atoms. The van der Waals surface area contributed by atoms with Crippen molar-refractivity contribution in [3.63, 3.8) is 0 Å². The summed E-state index contributed by atoms with van der Waals surface area (Å²) < 4.78 is 0. The standard InChI is InChI=1S/C7H11N3/c8-3-5-1-6-4-9-10-7(6)2-5/h4-5H,1-3,8H2,(H,9,10). The Labute approximate surface area is 59.6 Å². The summed E-state index contributed by atoms with van der Waals surface area (Å²) >= 11 is 0. The normalized spacial score (nSPS) is 23.1. The predicted molar refractivity (Wildman–Crippen MR) is 38.5 cm³/mol. The van der Waals surface area contributed by atoms with Gasteiger partial charge in [-0.05, 0) is 30.9 Å². The number of nitrogens with two attached hydrogens (primary N) is 1. The maximum absolute atomic E-state index is 5.54. The molecule has 0 aliphatic heterocycles. The van der Waals surface area contributed by atoms with E-state index in [-0.39, 0.29) is 0 Å². The molecule has 1 unspecified atom stereocenters. The number of nitrogens with zero attached hydrogens (tertiary/aromatic N) is 1. The Hall–Kier alpha value is -0.830. The molecule has 0 fully saturated rings. The average molecular weight is 137 g/mol. The number of rotatable bonds is 1. The Bertz CT molecular complexity index is 208. The van der Waals surface area contributed by atoms with Crippen LogP contribution in [0.15, 0.2) is 6.20 Å². The highest BCUT2D eigenvalue weighted by Crippen LogP contribution is 2.23. The van der Waals surface area contributed by atoms with E-state index >= 15 is 0 Å². The second kappa shape index (κ2) is 2.09. The van der Waals surface area contributed by atoms with Crippen molar-refractivity contribution >= 4 is 0 Å². The topological polar surface area (TPSA) is 54.7 Å². The molecule has 0 spiro atoms. The molecule has 0 bridgehead atoms. The monoisotopic (exact) mass is 137 g/mol. The van der Waals surface area contributed by atoms with E-state index < -0.39 is 0 Å². The van der Waals surface area contributed by atoms with Gasteiger partial charge in [0.05, 0.1) is 6.20 Å². The van der Waals surface area contributed by atoms with E-state index in [4.69, 9.17) is 5.73 Å². The van der Waals surface area contributed by atoms with E-state index in [0.717, 1.165) is 19.4 Å². The molecule has 1 atom stereocenters. The van der Waals surface area contributed by atoms with Crippen molar-refractivity contribution in [2.75, 3.05) is 6.54 Å². The molecule has 54 valence electrons. The fourth-order valence-corrected chi connectivity index (χ4v) is 1.53. The van der Waals surface area contributed by atoms with E-state index in [9.17, 15) is 0 Å². The third-order valence-corrected chi connectivity index (χ3v) is 2.14. The summed E-state index contributed by atoms with van der Waals surface area (Å²) in [4.78, 5) is 0. The number of nitrogens with one attached hydrogen (secondary N) is 1. The summed E-state index contributed by atoms with van der Waals surface area (Å²) in [5.41, 5.74) is 8.18. The van der Waals surface area contributed by atoms with Crippen molar-refractivity contribution in [3.8, 4) is 0 Å². The van der Waals surface area contributed by atoms with Crippen LogP contribution in [0.2, 0.25) is 0 Å². The van der Waals surface area contributed by atoms with E-state index in [1.165, 1.54) is 11.3 Å². The summed E-state index contributed by atoms with van der Waals surface area (Å²) in [6.07, 6.45) is 4.11. The largest absolute Gasteiger partial charge is 0.330 e. The zero-order valence-electron chi connectivity index (χ0n) is 5.80. The first-order valence-electron chi connectivity index (χ1n) is 3.61. The number of hydrogen-bond acceptors (Lipinski definition) is 2. The van der Waals surface area contributed by atoms with Crippen LogP contribution in [0.4, 0.5) is 0 Å². The number of aromatic amines is 1. The van der Waals surface area contributed by atoms with Crippen molar-refractivity contribution in [3.05, 3.63) is 17.5 Å². The second-order valence-corrected chi connectivity index (χ2v) is 2.88. The highest BCUT2D eigenvalue weighted by Gasteiger charge is 2.21. The van der Waals surface area contributed by atoms with Crippen molar-refractivity contribution in [2.45, 2.75) is 12.8 Å². The van der Waals surface area contributed by atoms with Gasteiger partial charge in [0.15, 0.2) is 0 Å². The van der Waals surface area contributed by atoms with Crippen LogP contribution < -0.4 is 5.73 Å². The van der Waals surface area contributed by atoms with Gasteiger partial charge in [0.25, 0.3) is 0 Å². The lowest BCUT2D eigenvalue weighted by atomic mass is 10.1. The second-order valence-electron chi connectivity index (χ2n) is 2.88. The Morgan fingerprint density at radius 1 is 1.70 bits per heavy atom. The molecule has 1 aliphatic carbocycles. The first kappa shape index (κ1) is 5.92. The quantitative estimate of drug-likeness (QED) is 0.576. The lowest BCUT2D eigenvalue weighted by Crippen LogP contribution is -2.14. The minimum atomic E-state index is 0.657. The smallest absolute Gasteiger partial charge is 0.0522 e. The van der Waals surface area contributed by atoms with Crippen molar-refractivity contribution in [1.29, 1.82) is 0 Å². The van der Waals surface area contributed by atoms with Crippen LogP contribution in [-0.4, -0.2) is 16.7 Å². The number of hydrogen-bond donors (Lipinski definition) is 2. The Morgan fingerprint density at radius 3 is 3.30 bits per heavy atom. The molecule has 1 heterocycles. The van der Waals surface area contributed by atoms with Gasteiger partial charge in [-0.3, -0.25) is 5.10 Å².